The predicted molar refractivity (Wildman–Crippen MR) is 53.8 cm³/mol. The minimum Gasteiger partial charge on any atom is -0.364 e. The molecule has 1 saturated carbocycles. The van der Waals surface area contributed by atoms with Gasteiger partial charge >= 0.3 is 0 Å². The molecule has 1 aliphatic carbocycles. The molecule has 0 amide bonds. The van der Waals surface area contributed by atoms with Crippen molar-refractivity contribution in [2.45, 2.75) is 38.4 Å². The molecule has 2 rings (SSSR count). The van der Waals surface area contributed by atoms with E-state index >= 15 is 0 Å². The minimum absolute atomic E-state index is 0.479. The van der Waals surface area contributed by atoms with Crippen LogP contribution in [0.5, 0.6) is 0 Å². The van der Waals surface area contributed by atoms with E-state index in [0.717, 1.165) is 24.8 Å². The first-order chi connectivity index (χ1) is 6.84. The van der Waals surface area contributed by atoms with E-state index in [4.69, 9.17) is 4.52 Å². The molecule has 0 saturated heterocycles. The molecule has 0 aromatic carbocycles. The van der Waals surface area contributed by atoms with E-state index < -0.39 is 0 Å². The van der Waals surface area contributed by atoms with Crippen LogP contribution in [-0.2, 0) is 6.54 Å². The lowest BCUT2D eigenvalue weighted by Gasteiger charge is -2.13. The van der Waals surface area contributed by atoms with Gasteiger partial charge in [-0.15, -0.1) is 0 Å². The third-order valence-electron chi connectivity index (χ3n) is 2.41. The van der Waals surface area contributed by atoms with E-state index in [1.165, 1.54) is 12.8 Å². The first kappa shape index (κ1) is 9.68. The quantitative estimate of drug-likeness (QED) is 0.708. The van der Waals surface area contributed by atoms with Crippen molar-refractivity contribution in [3.8, 4) is 0 Å². The van der Waals surface area contributed by atoms with Crippen LogP contribution in [0.1, 0.15) is 25.5 Å². The Bertz CT molecular complexity index is 256. The van der Waals surface area contributed by atoms with Crippen LogP contribution in [0.25, 0.3) is 0 Å². The fourth-order valence-electron chi connectivity index (χ4n) is 1.31. The first-order valence-corrected chi connectivity index (χ1v) is 5.20. The van der Waals surface area contributed by atoms with Gasteiger partial charge in [-0.25, -0.2) is 0 Å². The minimum atomic E-state index is 0.479. The standard InChI is InChI=1S/C10H17N3O/c1-8(6-12-9-2-3-9)11-7-10-4-5-14-13-10/h4-5,8-9,11-12H,2-3,6-7H2,1H3. The summed E-state index contributed by atoms with van der Waals surface area (Å²) in [5.41, 5.74) is 0.961. The van der Waals surface area contributed by atoms with E-state index in [1.54, 1.807) is 6.26 Å². The molecule has 4 nitrogen and oxygen atoms in total. The SMILES string of the molecule is CC(CNC1CC1)NCc1ccon1. The Kier molecular flexibility index (Phi) is 3.16. The molecule has 4 heteroatoms. The van der Waals surface area contributed by atoms with Crippen molar-refractivity contribution in [1.82, 2.24) is 15.8 Å². The molecular weight excluding hydrogens is 178 g/mol. The van der Waals surface area contributed by atoms with Crippen molar-refractivity contribution in [1.29, 1.82) is 0 Å². The summed E-state index contributed by atoms with van der Waals surface area (Å²) in [5, 5.41) is 10.7. The lowest BCUT2D eigenvalue weighted by Crippen LogP contribution is -2.36. The Morgan fingerprint density at radius 1 is 1.64 bits per heavy atom. The van der Waals surface area contributed by atoms with E-state index in [0.29, 0.717) is 6.04 Å². The maximum Gasteiger partial charge on any atom is 0.124 e. The average Bonchev–Trinajstić information content (AvgIpc) is 2.87. The smallest absolute Gasteiger partial charge is 0.124 e. The first-order valence-electron chi connectivity index (χ1n) is 5.20. The van der Waals surface area contributed by atoms with Crippen LogP contribution >= 0.6 is 0 Å². The average molecular weight is 195 g/mol. The molecule has 1 aromatic heterocycles. The molecule has 0 radical (unpaired) electrons. The van der Waals surface area contributed by atoms with E-state index in [1.807, 2.05) is 6.07 Å². The third-order valence-corrected chi connectivity index (χ3v) is 2.41. The van der Waals surface area contributed by atoms with Crippen molar-refractivity contribution in [2.24, 2.45) is 0 Å². The lowest BCUT2D eigenvalue weighted by atomic mass is 10.3. The molecule has 1 aliphatic rings. The highest BCUT2D eigenvalue weighted by molar-refractivity contribution is 4.94. The largest absolute Gasteiger partial charge is 0.364 e. The Morgan fingerprint density at radius 2 is 2.50 bits per heavy atom. The second-order valence-electron chi connectivity index (χ2n) is 3.96. The topological polar surface area (TPSA) is 50.1 Å². The fraction of sp³-hybridized carbons (Fsp3) is 0.700. The second kappa shape index (κ2) is 4.57. The summed E-state index contributed by atoms with van der Waals surface area (Å²) in [6.45, 7) is 3.99. The molecule has 78 valence electrons. The van der Waals surface area contributed by atoms with E-state index in [9.17, 15) is 0 Å². The molecule has 0 aliphatic heterocycles. The monoisotopic (exact) mass is 195 g/mol. The van der Waals surface area contributed by atoms with Gasteiger partial charge in [0.1, 0.15) is 6.26 Å². The highest BCUT2D eigenvalue weighted by Crippen LogP contribution is 2.18. The summed E-state index contributed by atoms with van der Waals surface area (Å²) in [4.78, 5) is 0. The van der Waals surface area contributed by atoms with Crippen LogP contribution in [0.4, 0.5) is 0 Å². The van der Waals surface area contributed by atoms with Gasteiger partial charge in [-0.05, 0) is 19.8 Å². The maximum absolute atomic E-state index is 4.75. The molecule has 1 atom stereocenters. The number of nitrogens with one attached hydrogen (secondary N) is 2. The van der Waals surface area contributed by atoms with Gasteiger partial charge in [0, 0.05) is 31.2 Å². The summed E-state index contributed by atoms with van der Waals surface area (Å²) in [6.07, 6.45) is 4.29. The van der Waals surface area contributed by atoms with Gasteiger partial charge in [0.15, 0.2) is 0 Å². The Labute approximate surface area is 84.0 Å². The van der Waals surface area contributed by atoms with Crippen molar-refractivity contribution >= 4 is 0 Å². The number of aromatic nitrogens is 1. The zero-order chi connectivity index (χ0) is 9.80. The van der Waals surface area contributed by atoms with E-state index in [-0.39, 0.29) is 0 Å². The van der Waals surface area contributed by atoms with Gasteiger partial charge in [-0.2, -0.15) is 0 Å². The van der Waals surface area contributed by atoms with Gasteiger partial charge in [0.05, 0.1) is 5.69 Å². The summed E-state index contributed by atoms with van der Waals surface area (Å²) in [5.74, 6) is 0. The number of hydrogen-bond acceptors (Lipinski definition) is 4. The van der Waals surface area contributed by atoms with Crippen LogP contribution in [0.2, 0.25) is 0 Å². The second-order valence-corrected chi connectivity index (χ2v) is 3.96. The van der Waals surface area contributed by atoms with E-state index in [2.05, 4.69) is 22.7 Å². The Morgan fingerprint density at radius 3 is 3.14 bits per heavy atom. The summed E-state index contributed by atoms with van der Waals surface area (Å²) in [6, 6.07) is 3.15. The number of rotatable bonds is 6. The normalized spacial score (nSPS) is 18.4. The zero-order valence-corrected chi connectivity index (χ0v) is 8.49. The summed E-state index contributed by atoms with van der Waals surface area (Å²) < 4.78 is 4.75. The highest BCUT2D eigenvalue weighted by Gasteiger charge is 2.20. The zero-order valence-electron chi connectivity index (χ0n) is 8.49. The predicted octanol–water partition coefficient (Wildman–Crippen LogP) is 0.905. The molecule has 14 heavy (non-hydrogen) atoms. The van der Waals surface area contributed by atoms with Crippen LogP contribution in [0, 0.1) is 0 Å². The van der Waals surface area contributed by atoms with Gasteiger partial charge in [-0.1, -0.05) is 5.16 Å². The Hall–Kier alpha value is -0.870. The fourth-order valence-corrected chi connectivity index (χ4v) is 1.31. The molecule has 1 heterocycles. The number of nitrogens with zero attached hydrogens (tertiary/aromatic N) is 1. The van der Waals surface area contributed by atoms with Crippen LogP contribution in [-0.4, -0.2) is 23.8 Å². The van der Waals surface area contributed by atoms with Crippen molar-refractivity contribution in [2.75, 3.05) is 6.54 Å². The molecular formula is C10H17N3O. The van der Waals surface area contributed by atoms with Crippen LogP contribution < -0.4 is 10.6 Å². The van der Waals surface area contributed by atoms with Gasteiger partial charge < -0.3 is 15.2 Å². The molecule has 1 aromatic rings. The van der Waals surface area contributed by atoms with Crippen LogP contribution in [0.15, 0.2) is 16.9 Å². The number of hydrogen-bond donors (Lipinski definition) is 2. The van der Waals surface area contributed by atoms with Crippen molar-refractivity contribution in [3.63, 3.8) is 0 Å². The van der Waals surface area contributed by atoms with Crippen molar-refractivity contribution in [3.05, 3.63) is 18.0 Å². The van der Waals surface area contributed by atoms with Crippen LogP contribution in [0.3, 0.4) is 0 Å². The highest BCUT2D eigenvalue weighted by atomic mass is 16.5. The van der Waals surface area contributed by atoms with Gasteiger partial charge in [-0.3, -0.25) is 0 Å². The molecule has 1 fully saturated rings. The van der Waals surface area contributed by atoms with Gasteiger partial charge in [0.2, 0.25) is 0 Å². The molecule has 0 bridgehead atoms. The summed E-state index contributed by atoms with van der Waals surface area (Å²) >= 11 is 0. The van der Waals surface area contributed by atoms with Gasteiger partial charge in [0.25, 0.3) is 0 Å². The molecule has 2 N–H and O–H groups in total. The third kappa shape index (κ3) is 3.12. The lowest BCUT2D eigenvalue weighted by molar-refractivity contribution is 0.404. The maximum atomic E-state index is 4.75. The Balaban J connectivity index is 1.59. The summed E-state index contributed by atoms with van der Waals surface area (Å²) in [7, 11) is 0. The molecule has 1 unspecified atom stereocenters. The van der Waals surface area contributed by atoms with Crippen molar-refractivity contribution < 1.29 is 4.52 Å². The molecule has 0 spiro atoms.